The SMILES string of the molecule is c1ccc(-c2cc(-c3ccccc3)nc(-n3c4ccccc4c4c5occc5ccc43)c2)cc1.c1ccc(-c2cc(-c3ccccc3)nc(-n3c4ccccc4c4c5occc5ccc43)n2)cc1.c1ccc(-c2cc(-n3c4ccccc4c4c5occc5ccc43)nc(-c3ccccc3)n2)cc1.c1ccc(-c2nc(-c3ccccc3)nc(-n3c4ccccc4c4c5occc5ccc43)n2)cc1. The van der Waals surface area contributed by atoms with Crippen LogP contribution in [0.15, 0.2) is 479 Å². The van der Waals surface area contributed by atoms with Crippen LogP contribution in [0.1, 0.15) is 0 Å². The summed E-state index contributed by atoms with van der Waals surface area (Å²) in [6.45, 7) is 0. The van der Waals surface area contributed by atoms with Crippen molar-refractivity contribution in [2.24, 2.45) is 0 Å². The van der Waals surface area contributed by atoms with Crippen LogP contribution >= 0.6 is 0 Å². The lowest BCUT2D eigenvalue weighted by atomic mass is 10.0. The molecule has 0 saturated carbocycles. The van der Waals surface area contributed by atoms with Crippen LogP contribution in [0, 0.1) is 0 Å². The molecule has 16 aromatic carbocycles. The third-order valence-corrected chi connectivity index (χ3v) is 25.2. The molecule has 0 radical (unpaired) electrons. The fourth-order valence-corrected chi connectivity index (χ4v) is 19.0. The lowest BCUT2D eigenvalue weighted by molar-refractivity contribution is 0.619. The van der Waals surface area contributed by atoms with Gasteiger partial charge in [0.1, 0.15) is 34.0 Å². The van der Waals surface area contributed by atoms with Crippen LogP contribution in [0.25, 0.3) is 245 Å². The number of para-hydroxylation sites is 4. The zero-order valence-corrected chi connectivity index (χ0v) is 72.9. The second kappa shape index (κ2) is 33.9. The summed E-state index contributed by atoms with van der Waals surface area (Å²) < 4.78 is 32.4. The summed E-state index contributed by atoms with van der Waals surface area (Å²) in [4.78, 5) is 40.0. The van der Waals surface area contributed by atoms with Gasteiger partial charge in [0.25, 0.3) is 0 Å². The Hall–Kier alpha value is -18.8. The number of benzene rings is 16. The van der Waals surface area contributed by atoms with Gasteiger partial charge in [0.15, 0.2) is 17.5 Å². The van der Waals surface area contributed by atoms with E-state index in [4.69, 9.17) is 57.5 Å². The molecule has 0 spiro atoms. The molecule has 16 nitrogen and oxygen atoms in total. The summed E-state index contributed by atoms with van der Waals surface area (Å²) in [7, 11) is 0. The van der Waals surface area contributed by atoms with Crippen LogP contribution in [0.5, 0.6) is 0 Å². The highest BCUT2D eigenvalue weighted by Crippen LogP contribution is 2.44. The van der Waals surface area contributed by atoms with Gasteiger partial charge in [-0.25, -0.2) is 29.9 Å². The lowest BCUT2D eigenvalue weighted by Gasteiger charge is -2.13. The first-order valence-electron chi connectivity index (χ1n) is 45.1. The second-order valence-corrected chi connectivity index (χ2v) is 33.3. The van der Waals surface area contributed by atoms with E-state index >= 15 is 0 Å². The maximum Gasteiger partial charge on any atom is 0.238 e. The molecule has 0 aliphatic rings. The van der Waals surface area contributed by atoms with Gasteiger partial charge in [0.05, 0.1) is 114 Å². The molecule has 0 fully saturated rings. The summed E-state index contributed by atoms with van der Waals surface area (Å²) in [5.41, 5.74) is 25.0. The summed E-state index contributed by atoms with van der Waals surface area (Å²) in [6.07, 6.45) is 7.00. The first-order valence-corrected chi connectivity index (χ1v) is 45.1. The van der Waals surface area contributed by atoms with E-state index in [2.05, 4.69) is 261 Å². The van der Waals surface area contributed by atoms with Gasteiger partial charge in [0.2, 0.25) is 11.9 Å². The van der Waals surface area contributed by atoms with E-state index in [1.165, 1.54) is 0 Å². The van der Waals surface area contributed by atoms with Gasteiger partial charge in [-0.05, 0) is 126 Å². The maximum atomic E-state index is 5.94. The van der Waals surface area contributed by atoms with Crippen molar-refractivity contribution in [2.45, 2.75) is 0 Å². The lowest BCUT2D eigenvalue weighted by Crippen LogP contribution is -2.06. The highest BCUT2D eigenvalue weighted by atomic mass is 16.3. The molecule has 0 saturated heterocycles. The quantitative estimate of drug-likeness (QED) is 0.113. The highest BCUT2D eigenvalue weighted by Gasteiger charge is 2.26. The normalized spacial score (nSPS) is 11.5. The molecular formula is C120H76N12O4. The Labute approximate surface area is 777 Å². The van der Waals surface area contributed by atoms with E-state index < -0.39 is 0 Å². The molecule has 28 aromatic rings. The fraction of sp³-hybridized carbons (Fsp3) is 0. The van der Waals surface area contributed by atoms with E-state index in [9.17, 15) is 0 Å². The molecule has 0 aliphatic heterocycles. The van der Waals surface area contributed by atoms with Crippen LogP contribution in [0.3, 0.4) is 0 Å². The van der Waals surface area contributed by atoms with Gasteiger partial charge >= 0.3 is 0 Å². The Bertz CT molecular complexity index is 8040. The van der Waals surface area contributed by atoms with Crippen LogP contribution in [-0.2, 0) is 0 Å². The molecule has 12 aromatic heterocycles. The Morgan fingerprint density at radius 1 is 0.162 bits per heavy atom. The van der Waals surface area contributed by atoms with E-state index in [0.29, 0.717) is 29.4 Å². The number of pyridine rings is 1. The predicted molar refractivity (Wildman–Crippen MR) is 548 cm³/mol. The summed E-state index contributed by atoms with van der Waals surface area (Å²) in [6, 6.07) is 149. The summed E-state index contributed by atoms with van der Waals surface area (Å²) >= 11 is 0. The molecule has 136 heavy (non-hydrogen) atoms. The number of hydrogen-bond donors (Lipinski definition) is 0. The van der Waals surface area contributed by atoms with E-state index in [-0.39, 0.29) is 0 Å². The van der Waals surface area contributed by atoms with Crippen molar-refractivity contribution in [3.05, 3.63) is 462 Å². The first-order chi connectivity index (χ1) is 67.5. The average molecular weight is 1750 g/mol. The smallest absolute Gasteiger partial charge is 0.238 e. The topological polar surface area (TPSA) is 175 Å². The van der Waals surface area contributed by atoms with Crippen molar-refractivity contribution in [2.75, 3.05) is 0 Å². The molecule has 0 amide bonds. The standard InChI is InChI=1S/C31H20N2O.2C30H19N3O.C29H18N4O/c1-3-9-21(10-4-1)24-19-26(22-11-5-2-6-12-22)32-29(20-24)33-27-14-8-7-13-25(27)30-28(33)16-15-23-17-18-34-31(23)30;1-3-9-20(10-4-1)24-19-27(32-30(31-24)22-11-5-2-6-12-22)33-25-14-8-7-13-23(25)28-26(33)16-15-21-17-18-34-29(21)28;1-3-9-20(10-4-1)24-19-25(21-11-5-2-6-12-21)32-30(31-24)33-26-14-8-7-13-23(26)28-27(33)16-15-22-17-18-34-29(22)28;1-3-9-20(10-4-1)27-30-28(21-11-5-2-6-12-21)32-29(31-27)33-23-14-8-7-13-22(23)25-24(33)16-15-19-17-18-34-26(19)25/h1-20H;2*1-19H;1-18H. The molecule has 0 atom stereocenters. The largest absolute Gasteiger partial charge is 0.464 e. The van der Waals surface area contributed by atoms with Crippen molar-refractivity contribution in [3.8, 4) is 114 Å². The Kier molecular flexibility index (Phi) is 19.8. The average Bonchev–Trinajstić information content (AvgIpc) is 1.58. The van der Waals surface area contributed by atoms with Gasteiger partial charge in [-0.1, -0.05) is 315 Å². The van der Waals surface area contributed by atoms with Gasteiger partial charge in [-0.3, -0.25) is 18.3 Å². The molecule has 0 N–H and O–H groups in total. The van der Waals surface area contributed by atoms with E-state index in [1.54, 1.807) is 25.1 Å². The zero-order valence-electron chi connectivity index (χ0n) is 72.9. The number of rotatable bonds is 12. The van der Waals surface area contributed by atoms with Gasteiger partial charge < -0.3 is 17.7 Å². The molecule has 12 heterocycles. The molecular weight excluding hydrogens is 1670 g/mol. The Balaban J connectivity index is 0.0000000965. The minimum atomic E-state index is 0.574. The van der Waals surface area contributed by atoms with Crippen molar-refractivity contribution in [1.29, 1.82) is 0 Å². The van der Waals surface area contributed by atoms with Crippen LogP contribution in [-0.4, -0.2) is 58.1 Å². The molecule has 0 aliphatic carbocycles. The molecule has 16 heteroatoms. The Morgan fingerprint density at radius 2 is 0.426 bits per heavy atom. The van der Waals surface area contributed by atoms with Gasteiger partial charge in [-0.15, -0.1) is 0 Å². The van der Waals surface area contributed by atoms with E-state index in [0.717, 1.165) is 216 Å². The molecule has 0 bridgehead atoms. The van der Waals surface area contributed by atoms with Crippen molar-refractivity contribution in [1.82, 2.24) is 58.1 Å². The minimum absolute atomic E-state index is 0.574. The predicted octanol–water partition coefficient (Wildman–Crippen LogP) is 30.6. The first kappa shape index (κ1) is 79.4. The highest BCUT2D eigenvalue weighted by molar-refractivity contribution is 6.23. The van der Waals surface area contributed by atoms with Crippen LogP contribution < -0.4 is 0 Å². The second-order valence-electron chi connectivity index (χ2n) is 33.3. The number of fused-ring (bicyclic) bond motifs is 20. The number of hydrogen-bond acceptors (Lipinski definition) is 12. The number of aromatic nitrogens is 12. The van der Waals surface area contributed by atoms with Crippen LogP contribution in [0.2, 0.25) is 0 Å². The van der Waals surface area contributed by atoms with Crippen LogP contribution in [0.4, 0.5) is 0 Å². The summed E-state index contributed by atoms with van der Waals surface area (Å²) in [5, 5.41) is 13.2. The molecule has 0 unspecified atom stereocenters. The van der Waals surface area contributed by atoms with E-state index in [1.807, 2.05) is 194 Å². The number of nitrogens with zero attached hydrogens (tertiary/aromatic N) is 12. The van der Waals surface area contributed by atoms with Crippen molar-refractivity contribution in [3.63, 3.8) is 0 Å². The minimum Gasteiger partial charge on any atom is -0.464 e. The van der Waals surface area contributed by atoms with Gasteiger partial charge in [-0.2, -0.15) is 9.97 Å². The fourth-order valence-electron chi connectivity index (χ4n) is 19.0. The number of furan rings is 4. The third kappa shape index (κ3) is 14.2. The zero-order chi connectivity index (χ0) is 89.9. The van der Waals surface area contributed by atoms with Gasteiger partial charge in [0, 0.05) is 88.1 Å². The Morgan fingerprint density at radius 3 is 0.772 bits per heavy atom. The maximum absolute atomic E-state index is 5.94. The summed E-state index contributed by atoms with van der Waals surface area (Å²) in [5.74, 6) is 4.88. The third-order valence-electron chi connectivity index (χ3n) is 25.2. The molecule has 640 valence electrons. The monoisotopic (exact) mass is 1750 g/mol. The van der Waals surface area contributed by atoms with Crippen molar-refractivity contribution < 1.29 is 17.7 Å². The molecule has 28 rings (SSSR count). The van der Waals surface area contributed by atoms with Crippen molar-refractivity contribution >= 4 is 131 Å².